The molecule has 0 aliphatic rings. The summed E-state index contributed by atoms with van der Waals surface area (Å²) in [6.45, 7) is 1.30. The molecule has 0 spiro atoms. The summed E-state index contributed by atoms with van der Waals surface area (Å²) >= 11 is 0. The Bertz CT molecular complexity index is 289. The minimum absolute atomic E-state index is 0.145. The van der Waals surface area contributed by atoms with Crippen molar-refractivity contribution in [2.45, 2.75) is 12.5 Å². The van der Waals surface area contributed by atoms with Crippen LogP contribution in [0.25, 0.3) is 0 Å². The Kier molecular flexibility index (Phi) is 2.98. The van der Waals surface area contributed by atoms with Crippen LogP contribution in [0, 0.1) is 5.82 Å². The molecule has 0 aromatic heterocycles. The van der Waals surface area contributed by atoms with E-state index in [0.717, 1.165) is 0 Å². The smallest absolute Gasteiger partial charge is 0.129 e. The molecule has 0 aliphatic heterocycles. The molecular formula is C9H12FNO2. The maximum atomic E-state index is 13.2. The van der Waals surface area contributed by atoms with E-state index in [2.05, 4.69) is 4.84 Å². The van der Waals surface area contributed by atoms with Crippen LogP contribution in [0.5, 0.6) is 0 Å². The molecule has 3 N–H and O–H groups in total. The average molecular weight is 185 g/mol. The molecule has 1 aromatic carbocycles. The molecule has 0 radical (unpaired) electrons. The number of benzene rings is 1. The highest BCUT2D eigenvalue weighted by molar-refractivity contribution is 5.23. The number of hydrogen-bond donors (Lipinski definition) is 2. The molecular weight excluding hydrogens is 173 g/mol. The van der Waals surface area contributed by atoms with Crippen LogP contribution in [0.1, 0.15) is 12.5 Å². The molecule has 1 unspecified atom stereocenters. The van der Waals surface area contributed by atoms with Gasteiger partial charge in [0, 0.05) is 5.56 Å². The van der Waals surface area contributed by atoms with Crippen LogP contribution in [-0.2, 0) is 10.4 Å². The Morgan fingerprint density at radius 1 is 1.54 bits per heavy atom. The van der Waals surface area contributed by atoms with Gasteiger partial charge in [-0.2, -0.15) is 0 Å². The Labute approximate surface area is 75.9 Å². The lowest BCUT2D eigenvalue weighted by Crippen LogP contribution is -2.30. The monoisotopic (exact) mass is 185 g/mol. The van der Waals surface area contributed by atoms with Crippen LogP contribution in [0.15, 0.2) is 24.3 Å². The molecule has 0 aliphatic carbocycles. The van der Waals surface area contributed by atoms with Crippen molar-refractivity contribution >= 4 is 0 Å². The number of aliphatic hydroxyl groups is 1. The fraction of sp³-hybridized carbons (Fsp3) is 0.333. The Morgan fingerprint density at radius 3 is 2.69 bits per heavy atom. The van der Waals surface area contributed by atoms with Gasteiger partial charge in [-0.3, -0.25) is 0 Å². The summed E-state index contributed by atoms with van der Waals surface area (Å²) in [5, 5.41) is 9.72. The van der Waals surface area contributed by atoms with Gasteiger partial charge in [-0.1, -0.05) is 18.2 Å². The lowest BCUT2D eigenvalue weighted by Gasteiger charge is -2.22. The van der Waals surface area contributed by atoms with Crippen LogP contribution in [-0.4, -0.2) is 11.7 Å². The van der Waals surface area contributed by atoms with Gasteiger partial charge in [-0.25, -0.2) is 10.3 Å². The van der Waals surface area contributed by atoms with Gasteiger partial charge >= 0.3 is 0 Å². The van der Waals surface area contributed by atoms with Gasteiger partial charge in [0.1, 0.15) is 18.0 Å². The molecule has 1 rings (SSSR count). The standard InChI is InChI=1S/C9H12FNO2/c1-9(12,6-13-11)7-4-2-3-5-8(7)10/h2-5,12H,6,11H2,1H3. The summed E-state index contributed by atoms with van der Waals surface area (Å²) in [6, 6.07) is 5.97. The first-order valence-corrected chi connectivity index (χ1v) is 3.87. The van der Waals surface area contributed by atoms with E-state index in [0.29, 0.717) is 0 Å². The van der Waals surface area contributed by atoms with Crippen LogP contribution in [0.3, 0.4) is 0 Å². The van der Waals surface area contributed by atoms with Crippen molar-refractivity contribution < 1.29 is 14.3 Å². The van der Waals surface area contributed by atoms with Crippen molar-refractivity contribution in [2.24, 2.45) is 5.90 Å². The van der Waals surface area contributed by atoms with Gasteiger partial charge in [0.2, 0.25) is 0 Å². The normalized spacial score (nSPS) is 15.4. The predicted octanol–water partition coefficient (Wildman–Crippen LogP) is 0.923. The summed E-state index contributed by atoms with van der Waals surface area (Å²) in [6.07, 6.45) is 0. The van der Waals surface area contributed by atoms with Crippen molar-refractivity contribution in [3.63, 3.8) is 0 Å². The molecule has 0 saturated heterocycles. The second-order valence-corrected chi connectivity index (χ2v) is 3.06. The average Bonchev–Trinajstić information content (AvgIpc) is 2.04. The number of hydrogen-bond acceptors (Lipinski definition) is 3. The second kappa shape index (κ2) is 3.83. The van der Waals surface area contributed by atoms with E-state index in [1.54, 1.807) is 12.1 Å². The largest absolute Gasteiger partial charge is 0.383 e. The van der Waals surface area contributed by atoms with Gasteiger partial charge in [0.05, 0.1) is 0 Å². The van der Waals surface area contributed by atoms with Crippen LogP contribution in [0.4, 0.5) is 4.39 Å². The molecule has 0 bridgehead atoms. The van der Waals surface area contributed by atoms with E-state index in [9.17, 15) is 9.50 Å². The molecule has 4 heteroatoms. The highest BCUT2D eigenvalue weighted by Gasteiger charge is 2.26. The van der Waals surface area contributed by atoms with Crippen LogP contribution in [0.2, 0.25) is 0 Å². The number of rotatable bonds is 3. The minimum Gasteiger partial charge on any atom is -0.383 e. The van der Waals surface area contributed by atoms with Gasteiger partial charge in [0.25, 0.3) is 0 Å². The van der Waals surface area contributed by atoms with E-state index in [4.69, 9.17) is 5.90 Å². The SMILES string of the molecule is CC(O)(CON)c1ccccc1F. The lowest BCUT2D eigenvalue weighted by atomic mass is 9.97. The Hall–Kier alpha value is -0.970. The van der Waals surface area contributed by atoms with Crippen molar-refractivity contribution in [1.82, 2.24) is 0 Å². The summed E-state index contributed by atoms with van der Waals surface area (Å²) in [5.74, 6) is 4.35. The number of halogens is 1. The van der Waals surface area contributed by atoms with E-state index in [-0.39, 0.29) is 12.2 Å². The second-order valence-electron chi connectivity index (χ2n) is 3.06. The third-order valence-electron chi connectivity index (χ3n) is 1.82. The summed E-state index contributed by atoms with van der Waals surface area (Å²) in [4.78, 5) is 4.30. The first-order chi connectivity index (χ1) is 6.08. The predicted molar refractivity (Wildman–Crippen MR) is 46.1 cm³/mol. The Morgan fingerprint density at radius 2 is 2.15 bits per heavy atom. The zero-order valence-electron chi connectivity index (χ0n) is 7.33. The minimum atomic E-state index is -1.39. The summed E-state index contributed by atoms with van der Waals surface area (Å²) in [7, 11) is 0. The zero-order chi connectivity index (χ0) is 9.90. The van der Waals surface area contributed by atoms with E-state index in [1.165, 1.54) is 19.1 Å². The van der Waals surface area contributed by atoms with E-state index >= 15 is 0 Å². The fourth-order valence-electron chi connectivity index (χ4n) is 1.14. The van der Waals surface area contributed by atoms with Gasteiger partial charge < -0.3 is 9.94 Å². The molecule has 0 heterocycles. The Balaban J connectivity index is 2.99. The molecule has 3 nitrogen and oxygen atoms in total. The number of nitrogens with two attached hydrogens (primary N) is 1. The van der Waals surface area contributed by atoms with Crippen LogP contribution < -0.4 is 5.90 Å². The zero-order valence-corrected chi connectivity index (χ0v) is 7.33. The van der Waals surface area contributed by atoms with Crippen molar-refractivity contribution in [1.29, 1.82) is 0 Å². The first-order valence-electron chi connectivity index (χ1n) is 3.87. The maximum Gasteiger partial charge on any atom is 0.129 e. The summed E-state index contributed by atoms with van der Waals surface area (Å²) in [5.41, 5.74) is -1.21. The summed E-state index contributed by atoms with van der Waals surface area (Å²) < 4.78 is 13.2. The third kappa shape index (κ3) is 2.24. The topological polar surface area (TPSA) is 55.5 Å². The molecule has 0 saturated carbocycles. The highest BCUT2D eigenvalue weighted by Crippen LogP contribution is 2.22. The maximum absolute atomic E-state index is 13.2. The lowest BCUT2D eigenvalue weighted by molar-refractivity contribution is -0.0408. The van der Waals surface area contributed by atoms with E-state index in [1.807, 2.05) is 0 Å². The van der Waals surface area contributed by atoms with Gasteiger partial charge in [-0.15, -0.1) is 0 Å². The fourth-order valence-corrected chi connectivity index (χ4v) is 1.14. The van der Waals surface area contributed by atoms with Gasteiger partial charge in [-0.05, 0) is 13.0 Å². The quantitative estimate of drug-likeness (QED) is 0.688. The first kappa shape index (κ1) is 10.1. The van der Waals surface area contributed by atoms with Crippen LogP contribution >= 0.6 is 0 Å². The van der Waals surface area contributed by atoms with E-state index < -0.39 is 11.4 Å². The molecule has 0 amide bonds. The molecule has 0 fully saturated rings. The third-order valence-corrected chi connectivity index (χ3v) is 1.82. The van der Waals surface area contributed by atoms with Gasteiger partial charge in [0.15, 0.2) is 0 Å². The molecule has 13 heavy (non-hydrogen) atoms. The molecule has 1 aromatic rings. The van der Waals surface area contributed by atoms with Crippen molar-refractivity contribution in [3.8, 4) is 0 Å². The van der Waals surface area contributed by atoms with Crippen molar-refractivity contribution in [2.75, 3.05) is 6.61 Å². The highest BCUT2D eigenvalue weighted by atomic mass is 19.1. The molecule has 1 atom stereocenters. The molecule has 72 valence electrons. The van der Waals surface area contributed by atoms with Crippen molar-refractivity contribution in [3.05, 3.63) is 35.6 Å².